The van der Waals surface area contributed by atoms with Crippen molar-refractivity contribution in [2.24, 2.45) is 5.73 Å². The van der Waals surface area contributed by atoms with E-state index in [-0.39, 0.29) is 18.0 Å². The average molecular weight is 214 g/mol. The molecule has 0 unspecified atom stereocenters. The smallest absolute Gasteiger partial charge is 0.387 e. The van der Waals surface area contributed by atoms with Gasteiger partial charge in [0.1, 0.15) is 5.75 Å². The van der Waals surface area contributed by atoms with Crippen molar-refractivity contribution >= 4 is 5.84 Å². The third-order valence-electron chi connectivity index (χ3n) is 1.86. The van der Waals surface area contributed by atoms with E-state index in [1.165, 1.54) is 6.07 Å². The third kappa shape index (κ3) is 3.53. The first-order valence-corrected chi connectivity index (χ1v) is 4.36. The summed E-state index contributed by atoms with van der Waals surface area (Å²) in [5.74, 6) is 0.116. The Morgan fingerprint density at radius 3 is 2.73 bits per heavy atom. The van der Waals surface area contributed by atoms with Crippen molar-refractivity contribution in [1.29, 1.82) is 5.41 Å². The maximum absolute atomic E-state index is 12.0. The van der Waals surface area contributed by atoms with Crippen molar-refractivity contribution in [2.45, 2.75) is 20.0 Å². The molecule has 0 aliphatic rings. The van der Waals surface area contributed by atoms with Crippen LogP contribution in [0, 0.1) is 12.3 Å². The van der Waals surface area contributed by atoms with Gasteiger partial charge in [-0.25, -0.2) is 0 Å². The zero-order chi connectivity index (χ0) is 11.4. The molecular formula is C10H12F2N2O. The fourth-order valence-electron chi connectivity index (χ4n) is 1.20. The van der Waals surface area contributed by atoms with Crippen molar-refractivity contribution < 1.29 is 13.5 Å². The van der Waals surface area contributed by atoms with E-state index < -0.39 is 6.61 Å². The van der Waals surface area contributed by atoms with Crippen LogP contribution in [0.5, 0.6) is 5.75 Å². The number of hydrogen-bond acceptors (Lipinski definition) is 2. The van der Waals surface area contributed by atoms with Crippen molar-refractivity contribution in [1.82, 2.24) is 0 Å². The van der Waals surface area contributed by atoms with E-state index >= 15 is 0 Å². The molecule has 0 saturated carbocycles. The Kier molecular flexibility index (Phi) is 3.60. The Bertz CT molecular complexity index is 366. The van der Waals surface area contributed by atoms with Crippen LogP contribution in [0.15, 0.2) is 18.2 Å². The van der Waals surface area contributed by atoms with E-state index in [1.807, 2.05) is 0 Å². The fraction of sp³-hybridized carbons (Fsp3) is 0.300. The molecule has 0 radical (unpaired) electrons. The van der Waals surface area contributed by atoms with Gasteiger partial charge in [-0.2, -0.15) is 8.78 Å². The zero-order valence-electron chi connectivity index (χ0n) is 8.26. The van der Waals surface area contributed by atoms with Crippen molar-refractivity contribution in [2.75, 3.05) is 0 Å². The quantitative estimate of drug-likeness (QED) is 0.595. The molecule has 0 aliphatic carbocycles. The third-order valence-corrected chi connectivity index (χ3v) is 1.86. The number of aryl methyl sites for hydroxylation is 1. The SMILES string of the molecule is Cc1ccc(CC(=N)N)cc1OC(F)F. The van der Waals surface area contributed by atoms with E-state index in [4.69, 9.17) is 11.1 Å². The number of hydrogen-bond donors (Lipinski definition) is 2. The summed E-state index contributed by atoms with van der Waals surface area (Å²) in [4.78, 5) is 0. The molecule has 1 aromatic carbocycles. The second kappa shape index (κ2) is 4.72. The summed E-state index contributed by atoms with van der Waals surface area (Å²) >= 11 is 0. The monoisotopic (exact) mass is 214 g/mol. The molecule has 0 aliphatic heterocycles. The maximum Gasteiger partial charge on any atom is 0.387 e. The van der Waals surface area contributed by atoms with Crippen LogP contribution >= 0.6 is 0 Å². The van der Waals surface area contributed by atoms with Crippen LogP contribution in [0.4, 0.5) is 8.78 Å². The van der Waals surface area contributed by atoms with Crippen LogP contribution in [0.2, 0.25) is 0 Å². The molecule has 0 fully saturated rings. The lowest BCUT2D eigenvalue weighted by Gasteiger charge is -2.09. The Morgan fingerprint density at radius 2 is 2.20 bits per heavy atom. The Morgan fingerprint density at radius 1 is 1.53 bits per heavy atom. The summed E-state index contributed by atoms with van der Waals surface area (Å²) in [5, 5.41) is 7.09. The van der Waals surface area contributed by atoms with Gasteiger partial charge in [-0.05, 0) is 24.1 Å². The fourth-order valence-corrected chi connectivity index (χ4v) is 1.20. The molecule has 0 spiro atoms. The van der Waals surface area contributed by atoms with Gasteiger partial charge in [0.25, 0.3) is 0 Å². The van der Waals surface area contributed by atoms with E-state index in [0.717, 1.165) is 0 Å². The highest BCUT2D eigenvalue weighted by Crippen LogP contribution is 2.21. The molecule has 5 heteroatoms. The number of alkyl halides is 2. The molecular weight excluding hydrogens is 202 g/mol. The Balaban J connectivity index is 2.89. The first-order valence-electron chi connectivity index (χ1n) is 4.36. The van der Waals surface area contributed by atoms with Gasteiger partial charge < -0.3 is 10.5 Å². The van der Waals surface area contributed by atoms with Crippen molar-refractivity contribution in [3.8, 4) is 5.75 Å². The maximum atomic E-state index is 12.0. The summed E-state index contributed by atoms with van der Waals surface area (Å²) in [5.41, 5.74) is 6.52. The summed E-state index contributed by atoms with van der Waals surface area (Å²) in [6, 6.07) is 4.87. The Hall–Kier alpha value is -1.65. The molecule has 1 rings (SSSR count). The minimum Gasteiger partial charge on any atom is -0.435 e. The van der Waals surface area contributed by atoms with Crippen molar-refractivity contribution in [3.63, 3.8) is 0 Å². The van der Waals surface area contributed by atoms with Crippen LogP contribution in [0.25, 0.3) is 0 Å². The van der Waals surface area contributed by atoms with Gasteiger partial charge in [-0.1, -0.05) is 12.1 Å². The molecule has 1 aromatic rings. The molecule has 0 amide bonds. The van der Waals surface area contributed by atoms with Gasteiger partial charge in [0, 0.05) is 6.42 Å². The number of nitrogens with one attached hydrogen (secondary N) is 1. The predicted octanol–water partition coefficient (Wildman–Crippen LogP) is 2.07. The zero-order valence-corrected chi connectivity index (χ0v) is 8.26. The van der Waals surface area contributed by atoms with Crippen molar-refractivity contribution in [3.05, 3.63) is 29.3 Å². The molecule has 82 valence electrons. The highest BCUT2D eigenvalue weighted by molar-refractivity contribution is 5.79. The molecule has 3 nitrogen and oxygen atoms in total. The average Bonchev–Trinajstić information content (AvgIpc) is 2.09. The molecule has 0 atom stereocenters. The van der Waals surface area contributed by atoms with E-state index in [2.05, 4.69) is 4.74 Å². The number of nitrogens with two attached hydrogens (primary N) is 1. The number of amidine groups is 1. The number of halogens is 2. The van der Waals surface area contributed by atoms with E-state index in [0.29, 0.717) is 11.1 Å². The van der Waals surface area contributed by atoms with Gasteiger partial charge in [0.2, 0.25) is 0 Å². The number of rotatable bonds is 4. The molecule has 0 bridgehead atoms. The largest absolute Gasteiger partial charge is 0.435 e. The van der Waals surface area contributed by atoms with E-state index in [9.17, 15) is 8.78 Å². The standard InChI is InChI=1S/C10H12F2N2O/c1-6-2-3-7(5-9(13)14)4-8(6)15-10(11)12/h2-4,10H,5H2,1H3,(H3,13,14). The number of benzene rings is 1. The van der Waals surface area contributed by atoms with Crippen LogP contribution in [0.3, 0.4) is 0 Å². The lowest BCUT2D eigenvalue weighted by molar-refractivity contribution is -0.0503. The van der Waals surface area contributed by atoms with Gasteiger partial charge in [0.05, 0.1) is 5.84 Å². The second-order valence-corrected chi connectivity index (χ2v) is 3.18. The highest BCUT2D eigenvalue weighted by Gasteiger charge is 2.08. The summed E-state index contributed by atoms with van der Waals surface area (Å²) in [6.07, 6.45) is 0.236. The summed E-state index contributed by atoms with van der Waals surface area (Å²) in [7, 11) is 0. The van der Waals surface area contributed by atoms with Crippen LogP contribution in [-0.2, 0) is 6.42 Å². The highest BCUT2D eigenvalue weighted by atomic mass is 19.3. The lowest BCUT2D eigenvalue weighted by atomic mass is 10.1. The van der Waals surface area contributed by atoms with Gasteiger partial charge in [-0.15, -0.1) is 0 Å². The molecule has 15 heavy (non-hydrogen) atoms. The molecule has 3 N–H and O–H groups in total. The molecule has 0 saturated heterocycles. The normalized spacial score (nSPS) is 10.4. The Labute approximate surface area is 86.4 Å². The van der Waals surface area contributed by atoms with Gasteiger partial charge in [-0.3, -0.25) is 5.41 Å². The van der Waals surface area contributed by atoms with Gasteiger partial charge in [0.15, 0.2) is 0 Å². The lowest BCUT2D eigenvalue weighted by Crippen LogP contribution is -2.13. The topological polar surface area (TPSA) is 59.1 Å². The van der Waals surface area contributed by atoms with Crippen LogP contribution in [-0.4, -0.2) is 12.4 Å². The van der Waals surface area contributed by atoms with Crippen LogP contribution in [0.1, 0.15) is 11.1 Å². The minimum atomic E-state index is -2.84. The minimum absolute atomic E-state index is 0.0122. The van der Waals surface area contributed by atoms with Gasteiger partial charge >= 0.3 is 6.61 Å². The first kappa shape index (κ1) is 11.4. The van der Waals surface area contributed by atoms with Crippen LogP contribution < -0.4 is 10.5 Å². The first-order chi connectivity index (χ1) is 6.99. The van der Waals surface area contributed by atoms with E-state index in [1.54, 1.807) is 19.1 Å². The summed E-state index contributed by atoms with van der Waals surface area (Å²) in [6.45, 7) is -1.16. The second-order valence-electron chi connectivity index (χ2n) is 3.18. The summed E-state index contributed by atoms with van der Waals surface area (Å²) < 4.78 is 28.3. The predicted molar refractivity (Wildman–Crippen MR) is 53.4 cm³/mol. The number of ether oxygens (including phenoxy) is 1. The molecule has 0 heterocycles. The molecule has 0 aromatic heterocycles.